The summed E-state index contributed by atoms with van der Waals surface area (Å²) in [7, 11) is 1.71. The van der Waals surface area contributed by atoms with Crippen molar-refractivity contribution in [2.45, 2.75) is 0 Å². The lowest BCUT2D eigenvalue weighted by Gasteiger charge is -2.20. The van der Waals surface area contributed by atoms with Crippen molar-refractivity contribution in [2.24, 2.45) is 0 Å². The molecule has 0 aliphatic rings. The number of anilines is 3. The molecule has 9 heteroatoms. The molecule has 0 aliphatic heterocycles. The Morgan fingerprint density at radius 1 is 1.00 bits per heavy atom. The molecule has 0 bridgehead atoms. The van der Waals surface area contributed by atoms with E-state index in [0.717, 1.165) is 0 Å². The van der Waals surface area contributed by atoms with E-state index >= 15 is 0 Å². The van der Waals surface area contributed by atoms with Gasteiger partial charge in [0.15, 0.2) is 0 Å². The molecule has 0 unspecified atom stereocenters. The summed E-state index contributed by atoms with van der Waals surface area (Å²) in [5, 5.41) is 18.9. The molecular formula is C20H16FN3O5. The maximum Gasteiger partial charge on any atom is 0.342 e. The highest BCUT2D eigenvalue weighted by Crippen LogP contribution is 2.32. The second-order valence-corrected chi connectivity index (χ2v) is 6.19. The fraction of sp³-hybridized carbons (Fsp3) is 0.0500. The zero-order valence-corrected chi connectivity index (χ0v) is 15.1. The smallest absolute Gasteiger partial charge is 0.342 e. The topological polar surface area (TPSA) is 137 Å². The van der Waals surface area contributed by atoms with Crippen LogP contribution in [0.25, 0.3) is 11.1 Å². The SMILES string of the molecule is CN(c1ccc(-c2c(C(=O)O)c(N)[nH]c(=O)c2C(=O)O)cc1)c1cccc(F)c1. The molecule has 0 fully saturated rings. The average molecular weight is 397 g/mol. The number of nitrogens with two attached hydrogens (primary N) is 1. The van der Waals surface area contributed by atoms with Gasteiger partial charge in [0, 0.05) is 24.0 Å². The van der Waals surface area contributed by atoms with Crippen LogP contribution in [-0.4, -0.2) is 34.2 Å². The Morgan fingerprint density at radius 3 is 2.17 bits per heavy atom. The number of carboxylic acid groups (broad SMARTS) is 2. The Kier molecular flexibility index (Phi) is 5.05. The normalized spacial score (nSPS) is 10.6. The van der Waals surface area contributed by atoms with Crippen LogP contribution in [0.4, 0.5) is 21.6 Å². The zero-order valence-electron chi connectivity index (χ0n) is 15.1. The number of nitrogen functional groups attached to an aromatic ring is 1. The number of hydrogen-bond donors (Lipinski definition) is 4. The molecule has 1 heterocycles. The Hall–Kier alpha value is -4.14. The van der Waals surface area contributed by atoms with Gasteiger partial charge in [-0.2, -0.15) is 0 Å². The first-order chi connectivity index (χ1) is 13.7. The third-order valence-electron chi connectivity index (χ3n) is 4.41. The molecule has 0 saturated carbocycles. The van der Waals surface area contributed by atoms with Gasteiger partial charge in [0.1, 0.15) is 22.8 Å². The summed E-state index contributed by atoms with van der Waals surface area (Å²) in [5.74, 6) is -3.90. The van der Waals surface area contributed by atoms with Crippen LogP contribution < -0.4 is 16.2 Å². The van der Waals surface area contributed by atoms with Gasteiger partial charge in [-0.15, -0.1) is 0 Å². The molecule has 8 nitrogen and oxygen atoms in total. The van der Waals surface area contributed by atoms with E-state index in [2.05, 4.69) is 4.98 Å². The molecule has 1 aromatic heterocycles. The number of aromatic amines is 1. The van der Waals surface area contributed by atoms with E-state index in [0.29, 0.717) is 11.4 Å². The van der Waals surface area contributed by atoms with Crippen LogP contribution >= 0.6 is 0 Å². The van der Waals surface area contributed by atoms with Crippen LogP contribution in [0, 0.1) is 5.82 Å². The fourth-order valence-electron chi connectivity index (χ4n) is 3.02. The predicted octanol–water partition coefficient (Wildman–Crippen LogP) is 2.93. The highest BCUT2D eigenvalue weighted by atomic mass is 19.1. The van der Waals surface area contributed by atoms with Crippen molar-refractivity contribution in [3.63, 3.8) is 0 Å². The van der Waals surface area contributed by atoms with Crippen LogP contribution in [0.1, 0.15) is 20.7 Å². The van der Waals surface area contributed by atoms with E-state index in [4.69, 9.17) is 5.73 Å². The molecule has 0 saturated heterocycles. The minimum atomic E-state index is -1.58. The third-order valence-corrected chi connectivity index (χ3v) is 4.41. The van der Waals surface area contributed by atoms with Crippen LogP contribution in [0.15, 0.2) is 53.3 Å². The van der Waals surface area contributed by atoms with Crippen LogP contribution in [0.5, 0.6) is 0 Å². The van der Waals surface area contributed by atoms with Crippen LogP contribution in [-0.2, 0) is 0 Å². The van der Waals surface area contributed by atoms with E-state index < -0.39 is 40.3 Å². The van der Waals surface area contributed by atoms with E-state index in [1.165, 1.54) is 24.3 Å². The van der Waals surface area contributed by atoms with E-state index in [1.807, 2.05) is 0 Å². The molecule has 3 rings (SSSR count). The molecule has 0 atom stereocenters. The van der Waals surface area contributed by atoms with Gasteiger partial charge in [0.2, 0.25) is 0 Å². The summed E-state index contributed by atoms with van der Waals surface area (Å²) in [4.78, 5) is 39.1. The predicted molar refractivity (Wildman–Crippen MR) is 105 cm³/mol. The average Bonchev–Trinajstić information content (AvgIpc) is 2.66. The Labute approximate surface area is 163 Å². The molecule has 0 amide bonds. The minimum Gasteiger partial charge on any atom is -0.478 e. The van der Waals surface area contributed by atoms with Gasteiger partial charge in [0.25, 0.3) is 5.56 Å². The molecule has 0 aliphatic carbocycles. The fourth-order valence-corrected chi connectivity index (χ4v) is 3.02. The summed E-state index contributed by atoms with van der Waals surface area (Å²) in [6, 6.07) is 12.1. The Morgan fingerprint density at radius 2 is 1.62 bits per heavy atom. The molecular weight excluding hydrogens is 381 g/mol. The van der Waals surface area contributed by atoms with E-state index in [9.17, 15) is 29.0 Å². The molecule has 0 radical (unpaired) electrons. The number of rotatable bonds is 5. The number of benzene rings is 2. The summed E-state index contributed by atoms with van der Waals surface area (Å²) in [5.41, 5.74) is 4.51. The first-order valence-electron chi connectivity index (χ1n) is 8.32. The number of H-pyrrole nitrogens is 1. The molecule has 5 N–H and O–H groups in total. The Balaban J connectivity index is 2.14. The maximum absolute atomic E-state index is 13.5. The number of carbonyl (C=O) groups is 2. The number of carboxylic acids is 2. The summed E-state index contributed by atoms with van der Waals surface area (Å²) >= 11 is 0. The van der Waals surface area contributed by atoms with Gasteiger partial charge in [0.05, 0.1) is 0 Å². The van der Waals surface area contributed by atoms with Crippen LogP contribution in [0.3, 0.4) is 0 Å². The quantitative estimate of drug-likeness (QED) is 0.519. The lowest BCUT2D eigenvalue weighted by molar-refractivity contribution is 0.0695. The van der Waals surface area contributed by atoms with Crippen molar-refractivity contribution < 1.29 is 24.2 Å². The van der Waals surface area contributed by atoms with Gasteiger partial charge in [-0.3, -0.25) is 4.79 Å². The first kappa shape index (κ1) is 19.6. The third kappa shape index (κ3) is 3.65. The lowest BCUT2D eigenvalue weighted by atomic mass is 9.95. The van der Waals surface area contributed by atoms with Crippen molar-refractivity contribution in [1.29, 1.82) is 0 Å². The number of hydrogen-bond acceptors (Lipinski definition) is 5. The van der Waals surface area contributed by atoms with E-state index in [1.54, 1.807) is 36.2 Å². The summed E-state index contributed by atoms with van der Waals surface area (Å²) in [6.07, 6.45) is 0. The minimum absolute atomic E-state index is 0.189. The number of aromatic carboxylic acids is 2. The van der Waals surface area contributed by atoms with Gasteiger partial charge < -0.3 is 25.8 Å². The van der Waals surface area contributed by atoms with Gasteiger partial charge >= 0.3 is 11.9 Å². The zero-order chi connectivity index (χ0) is 21.3. The van der Waals surface area contributed by atoms with Crippen molar-refractivity contribution in [1.82, 2.24) is 4.98 Å². The lowest BCUT2D eigenvalue weighted by Crippen LogP contribution is -2.24. The molecule has 148 valence electrons. The van der Waals surface area contributed by atoms with E-state index in [-0.39, 0.29) is 11.1 Å². The van der Waals surface area contributed by atoms with Gasteiger partial charge in [-0.05, 0) is 35.9 Å². The highest BCUT2D eigenvalue weighted by Gasteiger charge is 2.26. The van der Waals surface area contributed by atoms with Gasteiger partial charge in [-0.1, -0.05) is 18.2 Å². The summed E-state index contributed by atoms with van der Waals surface area (Å²) < 4.78 is 13.5. The molecule has 3 aromatic rings. The number of nitrogens with zero attached hydrogens (tertiary/aromatic N) is 1. The monoisotopic (exact) mass is 397 g/mol. The summed E-state index contributed by atoms with van der Waals surface area (Å²) in [6.45, 7) is 0. The second-order valence-electron chi connectivity index (χ2n) is 6.19. The second kappa shape index (κ2) is 7.47. The Bertz CT molecular complexity index is 1170. The number of pyridine rings is 1. The largest absolute Gasteiger partial charge is 0.478 e. The van der Waals surface area contributed by atoms with Gasteiger partial charge in [-0.25, -0.2) is 14.0 Å². The maximum atomic E-state index is 13.5. The van der Waals surface area contributed by atoms with Crippen molar-refractivity contribution >= 4 is 29.1 Å². The highest BCUT2D eigenvalue weighted by molar-refractivity contribution is 6.07. The van der Waals surface area contributed by atoms with Crippen molar-refractivity contribution in [3.05, 3.63) is 75.8 Å². The van der Waals surface area contributed by atoms with Crippen LogP contribution in [0.2, 0.25) is 0 Å². The van der Waals surface area contributed by atoms with Crippen molar-refractivity contribution in [3.8, 4) is 11.1 Å². The first-order valence-corrected chi connectivity index (χ1v) is 8.32. The molecule has 2 aromatic carbocycles. The molecule has 29 heavy (non-hydrogen) atoms. The van der Waals surface area contributed by atoms with Crippen molar-refractivity contribution in [2.75, 3.05) is 17.7 Å². The molecule has 0 spiro atoms. The number of halogens is 1. The number of aromatic nitrogens is 1. The standard InChI is InChI=1S/C20H16FN3O5/c1-24(13-4-2-3-11(21)9-13)12-7-5-10(6-8-12)14-15(19(26)27)17(22)23-18(25)16(14)20(28)29/h2-9H,1H3,(H,26,27)(H,28,29)(H3,22,23,25). The number of nitrogens with one attached hydrogen (secondary N) is 1.